The van der Waals surface area contributed by atoms with E-state index in [0.717, 1.165) is 6.26 Å². The first-order valence-corrected chi connectivity index (χ1v) is 7.43. The Hall–Kier alpha value is -1.44. The van der Waals surface area contributed by atoms with Crippen LogP contribution in [-0.4, -0.2) is 31.9 Å². The number of aliphatic hydroxyl groups is 1. The van der Waals surface area contributed by atoms with Crippen LogP contribution in [0.25, 0.3) is 0 Å². The summed E-state index contributed by atoms with van der Waals surface area (Å²) in [5.74, 6) is -0.914. The van der Waals surface area contributed by atoms with Crippen LogP contribution in [0.2, 0.25) is 0 Å². The van der Waals surface area contributed by atoms with Gasteiger partial charge in [-0.2, -0.15) is 8.42 Å². The molecule has 1 aromatic rings. The molecule has 0 saturated heterocycles. The predicted octanol–water partition coefficient (Wildman–Crippen LogP) is 0.296. The van der Waals surface area contributed by atoms with Gasteiger partial charge in [-0.3, -0.25) is 4.18 Å². The van der Waals surface area contributed by atoms with E-state index in [2.05, 4.69) is 0 Å². The highest BCUT2D eigenvalue weighted by atomic mass is 32.2. The molecule has 1 aliphatic rings. The molecule has 0 aromatic heterocycles. The van der Waals surface area contributed by atoms with Gasteiger partial charge in [0.15, 0.2) is 0 Å². The van der Waals surface area contributed by atoms with E-state index in [1.165, 1.54) is 6.92 Å². The molecule has 1 aliphatic heterocycles. The van der Waals surface area contributed by atoms with Gasteiger partial charge >= 0.3 is 5.97 Å². The Bertz CT molecular complexity index is 608. The second-order valence-electron chi connectivity index (χ2n) is 4.44. The quantitative estimate of drug-likeness (QED) is 0.634. The van der Waals surface area contributed by atoms with Crippen molar-refractivity contribution in [3.63, 3.8) is 0 Å². The highest BCUT2D eigenvalue weighted by Crippen LogP contribution is 2.35. The number of carbonyl (C=O) groups is 1. The van der Waals surface area contributed by atoms with Crippen LogP contribution in [0.5, 0.6) is 0 Å². The van der Waals surface area contributed by atoms with Crippen LogP contribution in [0.3, 0.4) is 0 Å². The van der Waals surface area contributed by atoms with E-state index < -0.39 is 27.8 Å². The molecule has 0 unspecified atom stereocenters. The van der Waals surface area contributed by atoms with Crippen molar-refractivity contribution in [1.29, 1.82) is 0 Å². The Morgan fingerprint density at radius 2 is 2.05 bits per heavy atom. The Morgan fingerprint density at radius 1 is 1.42 bits per heavy atom. The summed E-state index contributed by atoms with van der Waals surface area (Å²) < 4.78 is 31.9. The van der Waals surface area contributed by atoms with Crippen molar-refractivity contribution in [2.45, 2.75) is 25.2 Å². The lowest BCUT2D eigenvalue weighted by molar-refractivity contribution is -0.182. The van der Waals surface area contributed by atoms with Crippen molar-refractivity contribution < 1.29 is 27.2 Å². The van der Waals surface area contributed by atoms with E-state index in [9.17, 15) is 18.3 Å². The van der Waals surface area contributed by atoms with Gasteiger partial charge in [-0.15, -0.1) is 0 Å². The first-order chi connectivity index (χ1) is 8.75. The van der Waals surface area contributed by atoms with Crippen LogP contribution in [-0.2, 0) is 36.0 Å². The molecule has 1 aromatic carbocycles. The fourth-order valence-corrected chi connectivity index (χ4v) is 2.76. The SMILES string of the molecule is C[C@@H](OS(C)(=O)=O)[C@]1(O)C(=O)OCc2ccccc21. The van der Waals surface area contributed by atoms with Crippen LogP contribution < -0.4 is 0 Å². The van der Waals surface area contributed by atoms with Crippen molar-refractivity contribution in [2.24, 2.45) is 0 Å². The van der Waals surface area contributed by atoms with Gasteiger partial charge in [0.25, 0.3) is 10.1 Å². The summed E-state index contributed by atoms with van der Waals surface area (Å²) in [5, 5.41) is 10.6. The largest absolute Gasteiger partial charge is 0.458 e. The highest BCUT2D eigenvalue weighted by molar-refractivity contribution is 7.86. The summed E-state index contributed by atoms with van der Waals surface area (Å²) >= 11 is 0. The molecular weight excluding hydrogens is 272 g/mol. The van der Waals surface area contributed by atoms with E-state index in [4.69, 9.17) is 8.92 Å². The number of cyclic esters (lactones) is 1. The van der Waals surface area contributed by atoms with Crippen LogP contribution in [0.15, 0.2) is 24.3 Å². The van der Waals surface area contributed by atoms with Crippen molar-refractivity contribution in [3.8, 4) is 0 Å². The first-order valence-electron chi connectivity index (χ1n) is 5.61. The molecule has 0 saturated carbocycles. The topological polar surface area (TPSA) is 89.9 Å². The van der Waals surface area contributed by atoms with Crippen molar-refractivity contribution in [3.05, 3.63) is 35.4 Å². The molecule has 0 aliphatic carbocycles. The summed E-state index contributed by atoms with van der Waals surface area (Å²) in [6.07, 6.45) is -0.427. The van der Waals surface area contributed by atoms with Gasteiger partial charge in [0.05, 0.1) is 6.26 Å². The normalized spacial score (nSPS) is 24.5. The van der Waals surface area contributed by atoms with Gasteiger partial charge in [-0.05, 0) is 12.5 Å². The molecule has 6 nitrogen and oxygen atoms in total. The number of rotatable bonds is 3. The lowest BCUT2D eigenvalue weighted by Crippen LogP contribution is -2.50. The third kappa shape index (κ3) is 2.49. The number of hydrogen-bond acceptors (Lipinski definition) is 6. The molecule has 2 atom stereocenters. The molecule has 1 heterocycles. The molecule has 0 amide bonds. The maximum absolute atomic E-state index is 11.9. The Morgan fingerprint density at radius 3 is 2.68 bits per heavy atom. The predicted molar refractivity (Wildman–Crippen MR) is 65.5 cm³/mol. The number of carbonyl (C=O) groups excluding carboxylic acids is 1. The summed E-state index contributed by atoms with van der Waals surface area (Å²) in [7, 11) is -3.80. The van der Waals surface area contributed by atoms with E-state index >= 15 is 0 Å². The molecule has 0 fully saturated rings. The van der Waals surface area contributed by atoms with Crippen molar-refractivity contribution in [1.82, 2.24) is 0 Å². The number of esters is 1. The summed E-state index contributed by atoms with van der Waals surface area (Å²) in [6, 6.07) is 6.63. The van der Waals surface area contributed by atoms with Crippen LogP contribution in [0.1, 0.15) is 18.1 Å². The summed E-state index contributed by atoms with van der Waals surface area (Å²) in [6.45, 7) is 1.35. The molecule has 0 spiro atoms. The molecule has 19 heavy (non-hydrogen) atoms. The maximum Gasteiger partial charge on any atom is 0.346 e. The fraction of sp³-hybridized carbons (Fsp3) is 0.417. The van der Waals surface area contributed by atoms with Crippen LogP contribution in [0, 0.1) is 0 Å². The third-order valence-electron chi connectivity index (χ3n) is 3.01. The number of ether oxygens (including phenoxy) is 1. The van der Waals surface area contributed by atoms with Gasteiger partial charge < -0.3 is 9.84 Å². The Labute approximate surface area is 111 Å². The molecular formula is C12H14O6S. The second-order valence-corrected chi connectivity index (χ2v) is 6.04. The van der Waals surface area contributed by atoms with Gasteiger partial charge in [0.2, 0.25) is 5.60 Å². The van der Waals surface area contributed by atoms with Crippen molar-refractivity contribution in [2.75, 3.05) is 6.26 Å². The van der Waals surface area contributed by atoms with Crippen molar-refractivity contribution >= 4 is 16.1 Å². The Balaban J connectivity index is 2.49. The summed E-state index contributed by atoms with van der Waals surface area (Å²) in [5.41, 5.74) is -1.20. The number of hydrogen-bond donors (Lipinski definition) is 1. The Kier molecular flexibility index (Phi) is 3.38. The molecule has 7 heteroatoms. The lowest BCUT2D eigenvalue weighted by atomic mass is 9.84. The third-order valence-corrected chi connectivity index (χ3v) is 3.64. The highest BCUT2D eigenvalue weighted by Gasteiger charge is 2.50. The second kappa shape index (κ2) is 4.59. The minimum Gasteiger partial charge on any atom is -0.458 e. The fourth-order valence-electron chi connectivity index (χ4n) is 2.10. The van der Waals surface area contributed by atoms with E-state index in [-0.39, 0.29) is 6.61 Å². The molecule has 104 valence electrons. The minimum absolute atomic E-state index is 0.0446. The zero-order valence-electron chi connectivity index (χ0n) is 10.5. The van der Waals surface area contributed by atoms with E-state index in [0.29, 0.717) is 11.1 Å². The zero-order chi connectivity index (χ0) is 14.3. The average molecular weight is 286 g/mol. The maximum atomic E-state index is 11.9. The number of fused-ring (bicyclic) bond motifs is 1. The average Bonchev–Trinajstić information content (AvgIpc) is 2.32. The van der Waals surface area contributed by atoms with E-state index in [1.807, 2.05) is 0 Å². The smallest absolute Gasteiger partial charge is 0.346 e. The molecule has 1 N–H and O–H groups in total. The number of benzene rings is 1. The van der Waals surface area contributed by atoms with Gasteiger partial charge in [-0.25, -0.2) is 4.79 Å². The van der Waals surface area contributed by atoms with Crippen LogP contribution >= 0.6 is 0 Å². The van der Waals surface area contributed by atoms with Crippen LogP contribution in [0.4, 0.5) is 0 Å². The lowest BCUT2D eigenvalue weighted by Gasteiger charge is -2.35. The monoisotopic (exact) mass is 286 g/mol. The minimum atomic E-state index is -3.80. The van der Waals surface area contributed by atoms with Gasteiger partial charge in [-0.1, -0.05) is 24.3 Å². The van der Waals surface area contributed by atoms with Gasteiger partial charge in [0, 0.05) is 5.56 Å². The first kappa shape index (κ1) is 14.0. The summed E-state index contributed by atoms with van der Waals surface area (Å²) in [4.78, 5) is 11.9. The zero-order valence-corrected chi connectivity index (χ0v) is 11.3. The molecule has 0 bridgehead atoms. The van der Waals surface area contributed by atoms with E-state index in [1.54, 1.807) is 24.3 Å². The standard InChI is InChI=1S/C12H14O6S/c1-8(18-19(2,15)16)12(14)10-6-4-3-5-9(10)7-17-11(12)13/h3-6,8,14H,7H2,1-2H3/t8-,12-/m1/s1. The van der Waals surface area contributed by atoms with Gasteiger partial charge in [0.1, 0.15) is 12.7 Å². The molecule has 2 rings (SSSR count). The molecule has 0 radical (unpaired) electrons.